The number of aryl methyl sites for hydroxylation is 3. The molecule has 0 N–H and O–H groups in total. The molecule has 1 heterocycles. The van der Waals surface area contributed by atoms with E-state index < -0.39 is 0 Å². The van der Waals surface area contributed by atoms with Gasteiger partial charge in [-0.1, -0.05) is 30.0 Å². The average Bonchev–Trinajstić information content (AvgIpc) is 2.98. The predicted molar refractivity (Wildman–Crippen MR) is 107 cm³/mol. The number of carbonyl (C=O) groups is 1. The summed E-state index contributed by atoms with van der Waals surface area (Å²) in [6.45, 7) is 7.86. The van der Waals surface area contributed by atoms with Gasteiger partial charge in [-0.15, -0.1) is 10.2 Å². The lowest BCUT2D eigenvalue weighted by Gasteiger charge is -2.14. The molecule has 1 aromatic heterocycles. The van der Waals surface area contributed by atoms with Crippen molar-refractivity contribution in [1.29, 1.82) is 0 Å². The molecule has 0 radical (unpaired) electrons. The number of benzene rings is 2. The van der Waals surface area contributed by atoms with Crippen LogP contribution >= 0.6 is 11.8 Å². The van der Waals surface area contributed by atoms with E-state index in [1.165, 1.54) is 23.4 Å². The number of Topliss-reactive ketones (excluding diaryl/α,β-unsaturated/α-hetero) is 1. The summed E-state index contributed by atoms with van der Waals surface area (Å²) in [6.07, 6.45) is 0. The van der Waals surface area contributed by atoms with E-state index in [1.807, 2.05) is 39.8 Å². The average molecular weight is 383 g/mol. The summed E-state index contributed by atoms with van der Waals surface area (Å²) in [5.41, 5.74) is 4.37. The molecule has 0 bridgehead atoms. The second kappa shape index (κ2) is 7.64. The quantitative estimate of drug-likeness (QED) is 0.464. The largest absolute Gasteiger partial charge is 0.305 e. The summed E-state index contributed by atoms with van der Waals surface area (Å²) in [6, 6.07) is 10.4. The van der Waals surface area contributed by atoms with Crippen LogP contribution in [-0.2, 0) is 7.05 Å². The molecule has 0 aliphatic rings. The SMILES string of the molecule is Cc1cc(C)c(C(=O)[C@@H](C)Sc2nnc(-c3ccccc3F)n2C)cc1C. The van der Waals surface area contributed by atoms with Gasteiger partial charge in [0, 0.05) is 12.6 Å². The molecule has 6 heteroatoms. The molecule has 0 amide bonds. The predicted octanol–water partition coefficient (Wildman–Crippen LogP) is 4.91. The number of halogens is 1. The minimum Gasteiger partial charge on any atom is -0.305 e. The van der Waals surface area contributed by atoms with Gasteiger partial charge < -0.3 is 4.57 Å². The van der Waals surface area contributed by atoms with Gasteiger partial charge in [0.15, 0.2) is 16.8 Å². The second-order valence-electron chi connectivity index (χ2n) is 6.72. The Balaban J connectivity index is 1.85. The topological polar surface area (TPSA) is 47.8 Å². The molecule has 140 valence electrons. The zero-order valence-corrected chi connectivity index (χ0v) is 16.9. The van der Waals surface area contributed by atoms with E-state index in [-0.39, 0.29) is 16.9 Å². The highest BCUT2D eigenvalue weighted by Crippen LogP contribution is 2.29. The van der Waals surface area contributed by atoms with E-state index in [9.17, 15) is 9.18 Å². The van der Waals surface area contributed by atoms with Gasteiger partial charge in [-0.2, -0.15) is 0 Å². The van der Waals surface area contributed by atoms with Gasteiger partial charge >= 0.3 is 0 Å². The molecular weight excluding hydrogens is 361 g/mol. The van der Waals surface area contributed by atoms with Crippen LogP contribution in [0.4, 0.5) is 4.39 Å². The van der Waals surface area contributed by atoms with Gasteiger partial charge in [0.1, 0.15) is 5.82 Å². The fraction of sp³-hybridized carbons (Fsp3) is 0.286. The maximum Gasteiger partial charge on any atom is 0.191 e. The molecule has 0 saturated heterocycles. The van der Waals surface area contributed by atoms with Gasteiger partial charge in [-0.05, 0) is 62.6 Å². The molecular formula is C21H22FN3OS. The van der Waals surface area contributed by atoms with E-state index in [1.54, 1.807) is 29.8 Å². The summed E-state index contributed by atoms with van der Waals surface area (Å²) in [4.78, 5) is 12.9. The zero-order chi connectivity index (χ0) is 19.7. The molecule has 3 rings (SSSR count). The van der Waals surface area contributed by atoms with Crippen molar-refractivity contribution >= 4 is 17.5 Å². The fourth-order valence-electron chi connectivity index (χ4n) is 2.95. The van der Waals surface area contributed by atoms with Crippen molar-refractivity contribution in [3.05, 3.63) is 64.5 Å². The lowest BCUT2D eigenvalue weighted by atomic mass is 9.97. The summed E-state index contributed by atoms with van der Waals surface area (Å²) >= 11 is 1.33. The number of aromatic nitrogens is 3. The van der Waals surface area contributed by atoms with Crippen LogP contribution in [0.3, 0.4) is 0 Å². The van der Waals surface area contributed by atoms with Gasteiger partial charge in [0.05, 0.1) is 10.8 Å². The lowest BCUT2D eigenvalue weighted by Crippen LogP contribution is -2.16. The van der Waals surface area contributed by atoms with Crippen molar-refractivity contribution in [2.45, 2.75) is 38.1 Å². The van der Waals surface area contributed by atoms with E-state index in [2.05, 4.69) is 10.2 Å². The van der Waals surface area contributed by atoms with Crippen LogP contribution in [0.2, 0.25) is 0 Å². The Hall–Kier alpha value is -2.47. The molecule has 0 aliphatic carbocycles. The number of nitrogens with zero attached hydrogens (tertiary/aromatic N) is 3. The maximum absolute atomic E-state index is 14.0. The highest BCUT2D eigenvalue weighted by molar-refractivity contribution is 8.00. The summed E-state index contributed by atoms with van der Waals surface area (Å²) < 4.78 is 15.8. The van der Waals surface area contributed by atoms with Crippen LogP contribution in [0.1, 0.15) is 34.0 Å². The Morgan fingerprint density at radius 2 is 1.74 bits per heavy atom. The van der Waals surface area contributed by atoms with Crippen LogP contribution in [0.15, 0.2) is 41.6 Å². The van der Waals surface area contributed by atoms with Crippen molar-refractivity contribution in [3.8, 4) is 11.4 Å². The molecule has 4 nitrogen and oxygen atoms in total. The minimum absolute atomic E-state index is 0.0519. The van der Waals surface area contributed by atoms with Crippen molar-refractivity contribution in [3.63, 3.8) is 0 Å². The molecule has 0 saturated carbocycles. The van der Waals surface area contributed by atoms with E-state index in [0.717, 1.165) is 16.7 Å². The number of hydrogen-bond donors (Lipinski definition) is 0. The van der Waals surface area contributed by atoms with Crippen molar-refractivity contribution < 1.29 is 9.18 Å². The fourth-order valence-corrected chi connectivity index (χ4v) is 3.83. The Kier molecular flexibility index (Phi) is 5.46. The standard InChI is InChI=1S/C21H22FN3OS/c1-12-10-14(3)17(11-13(12)2)19(26)15(4)27-21-24-23-20(25(21)5)16-8-6-7-9-18(16)22/h6-11,15H,1-5H3/t15-/m1/s1. The smallest absolute Gasteiger partial charge is 0.191 e. The Labute approximate surface area is 162 Å². The molecule has 1 atom stereocenters. The van der Waals surface area contributed by atoms with Crippen LogP contribution in [-0.4, -0.2) is 25.8 Å². The third kappa shape index (κ3) is 3.81. The first-order valence-corrected chi connectivity index (χ1v) is 9.60. The zero-order valence-electron chi connectivity index (χ0n) is 16.1. The molecule has 0 fully saturated rings. The van der Waals surface area contributed by atoms with Crippen molar-refractivity contribution in [1.82, 2.24) is 14.8 Å². The number of carbonyl (C=O) groups excluding carboxylic acids is 1. The van der Waals surface area contributed by atoms with E-state index >= 15 is 0 Å². The number of hydrogen-bond acceptors (Lipinski definition) is 4. The molecule has 3 aromatic rings. The van der Waals surface area contributed by atoms with Crippen LogP contribution in [0.5, 0.6) is 0 Å². The van der Waals surface area contributed by atoms with Crippen LogP contribution < -0.4 is 0 Å². The van der Waals surface area contributed by atoms with E-state index in [4.69, 9.17) is 0 Å². The summed E-state index contributed by atoms with van der Waals surface area (Å²) in [5.74, 6) is 0.146. The molecule has 0 aliphatic heterocycles. The second-order valence-corrected chi connectivity index (χ2v) is 8.03. The third-order valence-corrected chi connectivity index (χ3v) is 5.84. The highest BCUT2D eigenvalue weighted by atomic mass is 32.2. The van der Waals surface area contributed by atoms with Crippen molar-refractivity contribution in [2.75, 3.05) is 0 Å². The highest BCUT2D eigenvalue weighted by Gasteiger charge is 2.22. The molecule has 27 heavy (non-hydrogen) atoms. The molecule has 2 aromatic carbocycles. The van der Waals surface area contributed by atoms with E-state index in [0.29, 0.717) is 16.5 Å². The van der Waals surface area contributed by atoms with Crippen molar-refractivity contribution in [2.24, 2.45) is 7.05 Å². The minimum atomic E-state index is -0.348. The molecule has 0 unspecified atom stereocenters. The number of rotatable bonds is 5. The van der Waals surface area contributed by atoms with Crippen LogP contribution in [0, 0.1) is 26.6 Å². The molecule has 0 spiro atoms. The first-order chi connectivity index (χ1) is 12.8. The third-order valence-electron chi connectivity index (χ3n) is 4.71. The monoisotopic (exact) mass is 383 g/mol. The van der Waals surface area contributed by atoms with Gasteiger partial charge in [-0.3, -0.25) is 4.79 Å². The Morgan fingerprint density at radius 1 is 1.07 bits per heavy atom. The lowest BCUT2D eigenvalue weighted by molar-refractivity contribution is 0.0993. The first-order valence-electron chi connectivity index (χ1n) is 8.72. The number of thioether (sulfide) groups is 1. The number of ketones is 1. The Morgan fingerprint density at radius 3 is 2.44 bits per heavy atom. The Bertz CT molecular complexity index is 1010. The van der Waals surface area contributed by atoms with Gasteiger partial charge in [-0.25, -0.2) is 4.39 Å². The van der Waals surface area contributed by atoms with Gasteiger partial charge in [0.25, 0.3) is 0 Å². The van der Waals surface area contributed by atoms with Crippen LogP contribution in [0.25, 0.3) is 11.4 Å². The maximum atomic E-state index is 14.0. The summed E-state index contributed by atoms with van der Waals surface area (Å²) in [5, 5.41) is 8.52. The first kappa shape index (κ1) is 19.3. The summed E-state index contributed by atoms with van der Waals surface area (Å²) in [7, 11) is 1.78. The van der Waals surface area contributed by atoms with Gasteiger partial charge in [0.2, 0.25) is 0 Å². The normalized spacial score (nSPS) is 12.2.